The van der Waals surface area contributed by atoms with Gasteiger partial charge < -0.3 is 5.32 Å². The van der Waals surface area contributed by atoms with Gasteiger partial charge in [0, 0.05) is 11.8 Å². The number of halogens is 2. The lowest BCUT2D eigenvalue weighted by molar-refractivity contribution is -0.114. The molecule has 0 radical (unpaired) electrons. The van der Waals surface area contributed by atoms with E-state index >= 15 is 0 Å². The van der Waals surface area contributed by atoms with Gasteiger partial charge in [-0.15, -0.1) is 0 Å². The normalized spacial score (nSPS) is 11.5. The number of hydrogen-bond acceptors (Lipinski definition) is 3. The second-order valence-corrected chi connectivity index (χ2v) is 8.10. The monoisotopic (exact) mass is 382 g/mol. The van der Waals surface area contributed by atoms with Gasteiger partial charge >= 0.3 is 0 Å². The summed E-state index contributed by atoms with van der Waals surface area (Å²) >= 11 is 0. The van der Waals surface area contributed by atoms with Gasteiger partial charge in [0.05, 0.1) is 11.9 Å². The van der Waals surface area contributed by atoms with Gasteiger partial charge in [-0.25, -0.2) is 17.2 Å². The number of nitrogens with zero attached hydrogens (tertiary/aromatic N) is 1. The Bertz CT molecular complexity index is 897. The molecule has 1 N–H and O–H groups in total. The highest BCUT2D eigenvalue weighted by Crippen LogP contribution is 2.21. The summed E-state index contributed by atoms with van der Waals surface area (Å²) in [6, 6.07) is 9.82. The summed E-state index contributed by atoms with van der Waals surface area (Å²) in [5, 5.41) is 2.59. The number of hydrogen-bond donors (Lipinski definition) is 1. The summed E-state index contributed by atoms with van der Waals surface area (Å²) < 4.78 is 51.1. The molecule has 2 aromatic rings. The summed E-state index contributed by atoms with van der Waals surface area (Å²) in [6.45, 7) is 3.52. The van der Waals surface area contributed by atoms with Crippen LogP contribution in [0.4, 0.5) is 20.2 Å². The average molecular weight is 382 g/mol. The van der Waals surface area contributed by atoms with Crippen molar-refractivity contribution in [3.05, 3.63) is 59.7 Å². The quantitative estimate of drug-likeness (QED) is 0.832. The Morgan fingerprint density at radius 3 is 2.19 bits per heavy atom. The highest BCUT2D eigenvalue weighted by Gasteiger charge is 2.22. The number of benzene rings is 2. The summed E-state index contributed by atoms with van der Waals surface area (Å²) in [5.41, 5.74) is 1.48. The molecule has 0 saturated carbocycles. The SMILES string of the molecule is CC(C)c1ccc(NC(=O)CN(c2ccc(F)c(F)c2)S(C)(=O)=O)cc1. The van der Waals surface area contributed by atoms with Crippen LogP contribution in [0.25, 0.3) is 0 Å². The molecule has 2 rings (SSSR count). The van der Waals surface area contributed by atoms with Crippen LogP contribution >= 0.6 is 0 Å². The molecule has 5 nitrogen and oxygen atoms in total. The third kappa shape index (κ3) is 5.01. The number of carbonyl (C=O) groups excluding carboxylic acids is 1. The van der Waals surface area contributed by atoms with Gasteiger partial charge in [0.15, 0.2) is 11.6 Å². The number of amides is 1. The summed E-state index contributed by atoms with van der Waals surface area (Å²) in [6.07, 6.45) is 0.888. The zero-order chi connectivity index (χ0) is 19.5. The Kier molecular flexibility index (Phi) is 5.97. The van der Waals surface area contributed by atoms with Gasteiger partial charge in [-0.1, -0.05) is 26.0 Å². The predicted molar refractivity (Wildman–Crippen MR) is 97.7 cm³/mol. The maximum absolute atomic E-state index is 13.4. The number of anilines is 2. The van der Waals surface area contributed by atoms with Crippen molar-refractivity contribution < 1.29 is 22.0 Å². The fourth-order valence-electron chi connectivity index (χ4n) is 2.32. The molecular formula is C18H20F2N2O3S. The molecule has 1 amide bonds. The zero-order valence-electron chi connectivity index (χ0n) is 14.7. The average Bonchev–Trinajstić information content (AvgIpc) is 2.55. The van der Waals surface area contributed by atoms with Crippen LogP contribution in [0.3, 0.4) is 0 Å². The van der Waals surface area contributed by atoms with Crippen molar-refractivity contribution in [1.82, 2.24) is 0 Å². The highest BCUT2D eigenvalue weighted by atomic mass is 32.2. The van der Waals surface area contributed by atoms with Gasteiger partial charge in [0.25, 0.3) is 0 Å². The van der Waals surface area contributed by atoms with E-state index in [4.69, 9.17) is 0 Å². The van der Waals surface area contributed by atoms with Crippen molar-refractivity contribution in [2.24, 2.45) is 0 Å². The Morgan fingerprint density at radius 2 is 1.69 bits per heavy atom. The third-order valence-corrected chi connectivity index (χ3v) is 4.88. The van der Waals surface area contributed by atoms with Gasteiger partial charge in [0.1, 0.15) is 6.54 Å². The van der Waals surface area contributed by atoms with Crippen LogP contribution in [-0.2, 0) is 14.8 Å². The molecule has 26 heavy (non-hydrogen) atoms. The third-order valence-electron chi connectivity index (χ3n) is 3.74. The molecule has 0 aliphatic heterocycles. The number of nitrogens with one attached hydrogen (secondary N) is 1. The van der Waals surface area contributed by atoms with E-state index in [2.05, 4.69) is 5.32 Å². The molecule has 0 aliphatic rings. The molecule has 2 aromatic carbocycles. The van der Waals surface area contributed by atoms with E-state index in [9.17, 15) is 22.0 Å². The highest BCUT2D eigenvalue weighted by molar-refractivity contribution is 7.92. The largest absolute Gasteiger partial charge is 0.325 e. The second kappa shape index (κ2) is 7.82. The standard InChI is InChI=1S/C18H20F2N2O3S/c1-12(2)13-4-6-14(7-5-13)21-18(23)11-22(26(3,24)25)15-8-9-16(19)17(20)10-15/h4-10,12H,11H2,1-3H3,(H,21,23). The Labute approximate surface area is 151 Å². The zero-order valence-corrected chi connectivity index (χ0v) is 15.5. The van der Waals surface area contributed by atoms with E-state index in [1.165, 1.54) is 0 Å². The van der Waals surface area contributed by atoms with Crippen LogP contribution in [0.5, 0.6) is 0 Å². The minimum Gasteiger partial charge on any atom is -0.325 e. The first-order chi connectivity index (χ1) is 12.1. The lowest BCUT2D eigenvalue weighted by atomic mass is 10.0. The molecule has 8 heteroatoms. The maximum Gasteiger partial charge on any atom is 0.245 e. The maximum atomic E-state index is 13.4. The van der Waals surface area contributed by atoms with Gasteiger partial charge in [-0.3, -0.25) is 9.10 Å². The van der Waals surface area contributed by atoms with E-state index in [1.54, 1.807) is 12.1 Å². The lowest BCUT2D eigenvalue weighted by Crippen LogP contribution is -2.37. The van der Waals surface area contributed by atoms with Crippen LogP contribution in [0, 0.1) is 11.6 Å². The van der Waals surface area contributed by atoms with Crippen molar-refractivity contribution in [2.45, 2.75) is 19.8 Å². The summed E-state index contributed by atoms with van der Waals surface area (Å²) in [5.74, 6) is -2.55. The van der Waals surface area contributed by atoms with E-state index in [1.807, 2.05) is 26.0 Å². The number of carbonyl (C=O) groups is 1. The first kappa shape index (κ1) is 19.8. The molecule has 0 heterocycles. The molecule has 0 aliphatic carbocycles. The second-order valence-electron chi connectivity index (χ2n) is 6.19. The predicted octanol–water partition coefficient (Wildman–Crippen LogP) is 3.49. The van der Waals surface area contributed by atoms with Gasteiger partial charge in [-0.05, 0) is 35.7 Å². The van der Waals surface area contributed by atoms with E-state index in [0.717, 1.165) is 30.0 Å². The Hall–Kier alpha value is -2.48. The molecule has 0 bridgehead atoms. The first-order valence-electron chi connectivity index (χ1n) is 7.90. The molecule has 0 fully saturated rings. The molecule has 0 saturated heterocycles. The van der Waals surface area contributed by atoms with E-state index < -0.39 is 34.1 Å². The molecular weight excluding hydrogens is 362 g/mol. The van der Waals surface area contributed by atoms with Crippen molar-refractivity contribution in [3.63, 3.8) is 0 Å². The molecule has 0 aromatic heterocycles. The topological polar surface area (TPSA) is 66.5 Å². The van der Waals surface area contributed by atoms with Crippen molar-refractivity contribution in [3.8, 4) is 0 Å². The van der Waals surface area contributed by atoms with Gasteiger partial charge in [-0.2, -0.15) is 0 Å². The van der Waals surface area contributed by atoms with Crippen LogP contribution < -0.4 is 9.62 Å². The minimum atomic E-state index is -3.87. The van der Waals surface area contributed by atoms with Crippen LogP contribution in [0.15, 0.2) is 42.5 Å². The molecule has 0 spiro atoms. The number of rotatable bonds is 6. The van der Waals surface area contributed by atoms with Crippen molar-refractivity contribution in [2.75, 3.05) is 22.4 Å². The number of sulfonamides is 1. The fraction of sp³-hybridized carbons (Fsp3) is 0.278. The van der Waals surface area contributed by atoms with Crippen LogP contribution in [0.1, 0.15) is 25.3 Å². The van der Waals surface area contributed by atoms with Crippen molar-refractivity contribution in [1.29, 1.82) is 0 Å². The van der Waals surface area contributed by atoms with E-state index in [-0.39, 0.29) is 5.69 Å². The van der Waals surface area contributed by atoms with Crippen LogP contribution in [0.2, 0.25) is 0 Å². The molecule has 140 valence electrons. The summed E-state index contributed by atoms with van der Waals surface area (Å²) in [7, 11) is -3.87. The summed E-state index contributed by atoms with van der Waals surface area (Å²) in [4.78, 5) is 12.2. The van der Waals surface area contributed by atoms with Gasteiger partial charge in [0.2, 0.25) is 15.9 Å². The van der Waals surface area contributed by atoms with Crippen molar-refractivity contribution >= 4 is 27.3 Å². The molecule has 0 atom stereocenters. The van der Waals surface area contributed by atoms with Crippen LogP contribution in [-0.4, -0.2) is 27.1 Å². The first-order valence-corrected chi connectivity index (χ1v) is 9.75. The Morgan fingerprint density at radius 1 is 1.08 bits per heavy atom. The minimum absolute atomic E-state index is 0.128. The molecule has 0 unspecified atom stereocenters. The Balaban J connectivity index is 2.17. The lowest BCUT2D eigenvalue weighted by Gasteiger charge is -2.22. The van der Waals surface area contributed by atoms with E-state index in [0.29, 0.717) is 15.9 Å². The smallest absolute Gasteiger partial charge is 0.245 e. The fourth-order valence-corrected chi connectivity index (χ4v) is 3.17.